The number of nitrogens with zero attached hydrogens (tertiary/aromatic N) is 2. The number of phenols is 1. The van der Waals surface area contributed by atoms with E-state index in [-0.39, 0.29) is 22.9 Å². The van der Waals surface area contributed by atoms with E-state index < -0.39 is 10.0 Å². The highest BCUT2D eigenvalue weighted by molar-refractivity contribution is 7.89. The zero-order valence-electron chi connectivity index (χ0n) is 11.1. The molecule has 0 aliphatic heterocycles. The molecule has 108 valence electrons. The summed E-state index contributed by atoms with van der Waals surface area (Å²) in [5, 5.41) is 13.1. The maximum absolute atomic E-state index is 12.3. The van der Waals surface area contributed by atoms with Crippen LogP contribution in [0.4, 0.5) is 5.69 Å². The van der Waals surface area contributed by atoms with Crippen LogP contribution < -0.4 is 5.73 Å². The van der Waals surface area contributed by atoms with E-state index >= 15 is 0 Å². The first-order valence-corrected chi connectivity index (χ1v) is 7.22. The van der Waals surface area contributed by atoms with E-state index in [2.05, 4.69) is 5.16 Å². The predicted molar refractivity (Wildman–Crippen MR) is 72.4 cm³/mol. The van der Waals surface area contributed by atoms with Crippen LogP contribution in [0.5, 0.6) is 5.75 Å². The standard InChI is InChI=1S/C12H15N3O4S/c1-8-5-9(14-19-8)7-15(2)20(17,18)10-3-4-12(16)11(13)6-10/h3-6,16H,7,13H2,1-2H3. The number of nitrogen functional groups attached to an aromatic ring is 1. The first-order valence-electron chi connectivity index (χ1n) is 5.77. The van der Waals surface area contributed by atoms with Gasteiger partial charge in [-0.15, -0.1) is 0 Å². The lowest BCUT2D eigenvalue weighted by atomic mass is 10.3. The van der Waals surface area contributed by atoms with Crippen LogP contribution in [0.2, 0.25) is 0 Å². The van der Waals surface area contributed by atoms with Crippen molar-refractivity contribution in [2.24, 2.45) is 0 Å². The second-order valence-corrected chi connectivity index (χ2v) is 6.46. The number of phenolic OH excluding ortho intramolecular Hbond substituents is 1. The van der Waals surface area contributed by atoms with E-state index in [1.165, 1.54) is 25.2 Å². The minimum absolute atomic E-state index is 0.00974. The molecule has 0 fully saturated rings. The van der Waals surface area contributed by atoms with Crippen molar-refractivity contribution in [2.75, 3.05) is 12.8 Å². The summed E-state index contributed by atoms with van der Waals surface area (Å²) in [7, 11) is -2.27. The van der Waals surface area contributed by atoms with Gasteiger partial charge in [0.1, 0.15) is 11.5 Å². The Hall–Kier alpha value is -2.06. The molecule has 0 saturated heterocycles. The van der Waals surface area contributed by atoms with E-state index in [1.807, 2.05) is 0 Å². The van der Waals surface area contributed by atoms with E-state index in [4.69, 9.17) is 10.3 Å². The van der Waals surface area contributed by atoms with Gasteiger partial charge < -0.3 is 15.4 Å². The highest BCUT2D eigenvalue weighted by atomic mass is 32.2. The molecule has 0 aliphatic rings. The van der Waals surface area contributed by atoms with Gasteiger partial charge in [0.05, 0.1) is 22.8 Å². The Morgan fingerprint density at radius 2 is 2.10 bits per heavy atom. The van der Waals surface area contributed by atoms with E-state index in [9.17, 15) is 13.5 Å². The third kappa shape index (κ3) is 2.75. The molecule has 0 unspecified atom stereocenters. The van der Waals surface area contributed by atoms with E-state index in [1.54, 1.807) is 13.0 Å². The lowest BCUT2D eigenvalue weighted by Crippen LogP contribution is -2.26. The molecule has 3 N–H and O–H groups in total. The van der Waals surface area contributed by atoms with Gasteiger partial charge >= 0.3 is 0 Å². The number of rotatable bonds is 4. The minimum atomic E-state index is -3.71. The average molecular weight is 297 g/mol. The molecule has 0 radical (unpaired) electrons. The van der Waals surface area contributed by atoms with Crippen molar-refractivity contribution in [2.45, 2.75) is 18.4 Å². The quantitative estimate of drug-likeness (QED) is 0.645. The van der Waals surface area contributed by atoms with Gasteiger partial charge in [0.25, 0.3) is 0 Å². The van der Waals surface area contributed by atoms with Crippen molar-refractivity contribution in [1.29, 1.82) is 0 Å². The average Bonchev–Trinajstić information content (AvgIpc) is 2.78. The molecule has 0 saturated carbocycles. The van der Waals surface area contributed by atoms with Gasteiger partial charge in [0.15, 0.2) is 0 Å². The lowest BCUT2D eigenvalue weighted by Gasteiger charge is -2.16. The van der Waals surface area contributed by atoms with Crippen molar-refractivity contribution in [3.05, 3.63) is 35.7 Å². The number of hydrogen-bond donors (Lipinski definition) is 2. The maximum Gasteiger partial charge on any atom is 0.243 e. The second-order valence-electron chi connectivity index (χ2n) is 4.41. The molecular weight excluding hydrogens is 282 g/mol. The molecule has 8 heteroatoms. The van der Waals surface area contributed by atoms with Crippen molar-refractivity contribution in [3.63, 3.8) is 0 Å². The number of aromatic hydroxyl groups is 1. The summed E-state index contributed by atoms with van der Waals surface area (Å²) in [4.78, 5) is 0.00974. The molecule has 0 atom stereocenters. The fourth-order valence-electron chi connectivity index (χ4n) is 1.68. The Kier molecular flexibility index (Phi) is 3.69. The number of aryl methyl sites for hydroxylation is 1. The van der Waals surface area contributed by atoms with Crippen molar-refractivity contribution < 1.29 is 18.0 Å². The molecule has 20 heavy (non-hydrogen) atoms. The number of nitrogens with two attached hydrogens (primary N) is 1. The van der Waals surface area contributed by atoms with Crippen molar-refractivity contribution in [1.82, 2.24) is 9.46 Å². The second kappa shape index (κ2) is 5.14. The minimum Gasteiger partial charge on any atom is -0.506 e. The fraction of sp³-hybridized carbons (Fsp3) is 0.250. The van der Waals surface area contributed by atoms with Crippen LogP contribution in [-0.2, 0) is 16.6 Å². The molecule has 0 spiro atoms. The van der Waals surface area contributed by atoms with Gasteiger partial charge in [0, 0.05) is 13.1 Å². The summed E-state index contributed by atoms with van der Waals surface area (Å²) >= 11 is 0. The van der Waals surface area contributed by atoms with Crippen LogP contribution >= 0.6 is 0 Å². The highest BCUT2D eigenvalue weighted by Crippen LogP contribution is 2.25. The molecule has 2 aromatic rings. The summed E-state index contributed by atoms with van der Waals surface area (Å²) in [6.07, 6.45) is 0. The highest BCUT2D eigenvalue weighted by Gasteiger charge is 2.22. The molecule has 2 rings (SSSR count). The fourth-order valence-corrected chi connectivity index (χ4v) is 2.86. The monoisotopic (exact) mass is 297 g/mol. The van der Waals surface area contributed by atoms with E-state index in [0.29, 0.717) is 11.5 Å². The van der Waals surface area contributed by atoms with Gasteiger partial charge in [-0.05, 0) is 25.1 Å². The van der Waals surface area contributed by atoms with Gasteiger partial charge in [-0.3, -0.25) is 0 Å². The van der Waals surface area contributed by atoms with Crippen LogP contribution in [0.25, 0.3) is 0 Å². The summed E-state index contributed by atoms with van der Waals surface area (Å²) in [6.45, 7) is 1.81. The molecular formula is C12H15N3O4S. The Bertz CT molecular complexity index is 724. The molecule has 0 bridgehead atoms. The predicted octanol–water partition coefficient (Wildman–Crippen LogP) is 1.09. The summed E-state index contributed by atoms with van der Waals surface area (Å²) in [6, 6.07) is 5.42. The van der Waals surface area contributed by atoms with Gasteiger partial charge in [0.2, 0.25) is 10.0 Å². The Balaban J connectivity index is 2.27. The Labute approximate surface area is 116 Å². The maximum atomic E-state index is 12.3. The van der Waals surface area contributed by atoms with Gasteiger partial charge in [-0.2, -0.15) is 4.31 Å². The molecule has 1 heterocycles. The van der Waals surface area contributed by atoms with Gasteiger partial charge in [-0.25, -0.2) is 8.42 Å². The van der Waals surface area contributed by atoms with Gasteiger partial charge in [-0.1, -0.05) is 5.16 Å². The Morgan fingerprint density at radius 3 is 2.65 bits per heavy atom. The topological polar surface area (TPSA) is 110 Å². The SMILES string of the molecule is Cc1cc(CN(C)S(=O)(=O)c2ccc(O)c(N)c2)no1. The molecule has 0 amide bonds. The molecule has 1 aromatic heterocycles. The number of aromatic nitrogens is 1. The van der Waals surface area contributed by atoms with Crippen LogP contribution in [0.1, 0.15) is 11.5 Å². The van der Waals surface area contributed by atoms with Crippen LogP contribution in [-0.4, -0.2) is 30.0 Å². The number of sulfonamides is 1. The van der Waals surface area contributed by atoms with Crippen LogP contribution in [0.15, 0.2) is 33.7 Å². The molecule has 0 aliphatic carbocycles. The number of anilines is 1. The number of benzene rings is 1. The third-order valence-corrected chi connectivity index (χ3v) is 4.57. The first-order chi connectivity index (χ1) is 9.30. The smallest absolute Gasteiger partial charge is 0.243 e. The molecule has 1 aromatic carbocycles. The lowest BCUT2D eigenvalue weighted by molar-refractivity contribution is 0.378. The zero-order valence-corrected chi connectivity index (χ0v) is 11.9. The first kappa shape index (κ1) is 14.4. The van der Waals surface area contributed by atoms with Crippen molar-refractivity contribution in [3.8, 4) is 5.75 Å². The van der Waals surface area contributed by atoms with E-state index in [0.717, 1.165) is 4.31 Å². The van der Waals surface area contributed by atoms with Crippen molar-refractivity contribution >= 4 is 15.7 Å². The number of hydrogen-bond acceptors (Lipinski definition) is 6. The normalized spacial score (nSPS) is 11.9. The summed E-state index contributed by atoms with van der Waals surface area (Å²) in [5.41, 5.74) is 6.04. The third-order valence-electron chi connectivity index (χ3n) is 2.77. The Morgan fingerprint density at radius 1 is 1.40 bits per heavy atom. The zero-order chi connectivity index (χ0) is 14.9. The van der Waals surface area contributed by atoms with Crippen LogP contribution in [0.3, 0.4) is 0 Å². The molecule has 7 nitrogen and oxygen atoms in total. The largest absolute Gasteiger partial charge is 0.506 e. The summed E-state index contributed by atoms with van der Waals surface area (Å²) < 4.78 is 30.7. The summed E-state index contributed by atoms with van der Waals surface area (Å²) in [5.74, 6) is 0.457. The van der Waals surface area contributed by atoms with Crippen LogP contribution in [0, 0.1) is 6.92 Å².